The summed E-state index contributed by atoms with van der Waals surface area (Å²) >= 11 is 0. The van der Waals surface area contributed by atoms with Gasteiger partial charge in [0, 0.05) is 5.39 Å². The molecule has 3 rings (SSSR count). The van der Waals surface area contributed by atoms with Gasteiger partial charge in [-0.15, -0.1) is 0 Å². The first-order valence-corrected chi connectivity index (χ1v) is 6.74. The summed E-state index contributed by atoms with van der Waals surface area (Å²) in [6.45, 7) is -0.275. The quantitative estimate of drug-likeness (QED) is 0.756. The Labute approximate surface area is 126 Å². The van der Waals surface area contributed by atoms with E-state index in [9.17, 15) is 9.90 Å². The Morgan fingerprint density at radius 3 is 2.91 bits per heavy atom. The number of aliphatic hydroxyl groups excluding tert-OH is 1. The molecule has 1 unspecified atom stereocenters. The molecule has 3 aromatic rings. The number of hydrogen-bond donors (Lipinski definition) is 2. The maximum absolute atomic E-state index is 12.3. The number of methoxy groups -OCH3 is 1. The van der Waals surface area contributed by atoms with Crippen LogP contribution in [0.2, 0.25) is 0 Å². The third kappa shape index (κ3) is 2.56. The molecule has 1 aromatic carbocycles. The Kier molecular flexibility index (Phi) is 3.84. The summed E-state index contributed by atoms with van der Waals surface area (Å²) in [4.78, 5) is 12.3. The summed E-state index contributed by atoms with van der Waals surface area (Å²) < 4.78 is 16.0. The van der Waals surface area contributed by atoms with Gasteiger partial charge in [-0.25, -0.2) is 0 Å². The molecule has 0 aliphatic rings. The van der Waals surface area contributed by atoms with Crippen LogP contribution in [0.5, 0.6) is 5.75 Å². The van der Waals surface area contributed by atoms with Crippen molar-refractivity contribution in [3.8, 4) is 5.75 Å². The number of amides is 1. The Morgan fingerprint density at radius 1 is 1.36 bits per heavy atom. The zero-order valence-electron chi connectivity index (χ0n) is 11.9. The van der Waals surface area contributed by atoms with Gasteiger partial charge in [0.1, 0.15) is 11.8 Å². The van der Waals surface area contributed by atoms with Gasteiger partial charge in [0.2, 0.25) is 0 Å². The van der Waals surface area contributed by atoms with Crippen LogP contribution in [0, 0.1) is 0 Å². The smallest absolute Gasteiger partial charge is 0.287 e. The molecule has 114 valence electrons. The lowest BCUT2D eigenvalue weighted by molar-refractivity contribution is 0.0881. The predicted octanol–water partition coefficient (Wildman–Crippen LogP) is 2.50. The van der Waals surface area contributed by atoms with E-state index in [-0.39, 0.29) is 12.4 Å². The average molecular weight is 301 g/mol. The molecule has 0 aliphatic carbocycles. The van der Waals surface area contributed by atoms with Gasteiger partial charge in [-0.3, -0.25) is 4.79 Å². The highest BCUT2D eigenvalue weighted by Gasteiger charge is 2.20. The van der Waals surface area contributed by atoms with Crippen LogP contribution in [0.3, 0.4) is 0 Å². The van der Waals surface area contributed by atoms with Gasteiger partial charge in [0.05, 0.1) is 20.0 Å². The highest BCUT2D eigenvalue weighted by atomic mass is 16.5. The summed E-state index contributed by atoms with van der Waals surface area (Å²) in [7, 11) is 1.54. The number of carbonyl (C=O) groups excluding carboxylic acids is 1. The minimum atomic E-state index is -0.627. The molecule has 1 amide bonds. The summed E-state index contributed by atoms with van der Waals surface area (Å²) in [5.41, 5.74) is 0.508. The van der Waals surface area contributed by atoms with Crippen molar-refractivity contribution in [2.24, 2.45) is 0 Å². The number of furan rings is 2. The number of ether oxygens (including phenoxy) is 1. The fourth-order valence-electron chi connectivity index (χ4n) is 2.23. The summed E-state index contributed by atoms with van der Waals surface area (Å²) in [5, 5.41) is 12.8. The Hall–Kier alpha value is -2.73. The maximum Gasteiger partial charge on any atom is 0.287 e. The Balaban J connectivity index is 1.86. The highest BCUT2D eigenvalue weighted by Crippen LogP contribution is 2.28. The average Bonchev–Trinajstić information content (AvgIpc) is 3.20. The van der Waals surface area contributed by atoms with E-state index in [1.165, 1.54) is 13.4 Å². The number of fused-ring (bicyclic) bond motifs is 1. The number of benzene rings is 1. The summed E-state index contributed by atoms with van der Waals surface area (Å²) in [6, 6.07) is 9.78. The molecule has 0 saturated carbocycles. The van der Waals surface area contributed by atoms with Crippen molar-refractivity contribution >= 4 is 16.9 Å². The van der Waals surface area contributed by atoms with E-state index in [4.69, 9.17) is 13.6 Å². The fraction of sp³-hybridized carbons (Fsp3) is 0.188. The fourth-order valence-corrected chi connectivity index (χ4v) is 2.23. The van der Waals surface area contributed by atoms with E-state index in [1.54, 1.807) is 24.3 Å². The third-order valence-electron chi connectivity index (χ3n) is 3.33. The molecule has 22 heavy (non-hydrogen) atoms. The lowest BCUT2D eigenvalue weighted by Gasteiger charge is -2.12. The third-order valence-corrected chi connectivity index (χ3v) is 3.33. The number of aliphatic hydroxyl groups is 1. The molecule has 2 N–H and O–H groups in total. The van der Waals surface area contributed by atoms with Gasteiger partial charge < -0.3 is 24.0 Å². The Bertz CT molecular complexity index is 775. The first kappa shape index (κ1) is 14.2. The minimum Gasteiger partial charge on any atom is -0.493 e. The van der Waals surface area contributed by atoms with Crippen LogP contribution in [0.25, 0.3) is 11.0 Å². The molecule has 0 saturated heterocycles. The van der Waals surface area contributed by atoms with Gasteiger partial charge in [-0.2, -0.15) is 0 Å². The normalized spacial score (nSPS) is 12.3. The number of nitrogens with one attached hydrogen (secondary N) is 1. The monoisotopic (exact) mass is 301 g/mol. The van der Waals surface area contributed by atoms with Crippen LogP contribution >= 0.6 is 0 Å². The molecule has 0 fully saturated rings. The van der Waals surface area contributed by atoms with Crippen molar-refractivity contribution in [2.75, 3.05) is 13.7 Å². The number of rotatable bonds is 5. The molecular weight excluding hydrogens is 286 g/mol. The highest BCUT2D eigenvalue weighted by molar-refractivity contribution is 5.97. The zero-order valence-corrected chi connectivity index (χ0v) is 11.9. The van der Waals surface area contributed by atoms with Gasteiger partial charge >= 0.3 is 0 Å². The van der Waals surface area contributed by atoms with Crippen molar-refractivity contribution in [1.82, 2.24) is 5.32 Å². The van der Waals surface area contributed by atoms with Crippen molar-refractivity contribution in [3.63, 3.8) is 0 Å². The van der Waals surface area contributed by atoms with E-state index in [0.717, 1.165) is 5.39 Å². The minimum absolute atomic E-state index is 0.143. The standard InChI is InChI=1S/C16H15NO5/c1-20-13-5-2-4-10-8-14(22-15(10)13)16(19)17-11(9-18)12-6-3-7-21-12/h2-8,11,18H,9H2,1H3,(H,17,19). The van der Waals surface area contributed by atoms with Gasteiger partial charge in [0.25, 0.3) is 5.91 Å². The lowest BCUT2D eigenvalue weighted by atomic mass is 10.2. The molecule has 0 aliphatic heterocycles. The van der Waals surface area contributed by atoms with Crippen LogP contribution in [0.1, 0.15) is 22.4 Å². The van der Waals surface area contributed by atoms with Crippen LogP contribution in [0.4, 0.5) is 0 Å². The number of carbonyl (C=O) groups is 1. The van der Waals surface area contributed by atoms with Crippen molar-refractivity contribution in [2.45, 2.75) is 6.04 Å². The number of hydrogen-bond acceptors (Lipinski definition) is 5. The number of para-hydroxylation sites is 1. The van der Waals surface area contributed by atoms with Crippen LogP contribution in [0.15, 0.2) is 51.5 Å². The topological polar surface area (TPSA) is 84.8 Å². The Morgan fingerprint density at radius 2 is 2.23 bits per heavy atom. The maximum atomic E-state index is 12.3. The van der Waals surface area contributed by atoms with Gasteiger partial charge in [0.15, 0.2) is 17.1 Å². The predicted molar refractivity (Wildman–Crippen MR) is 78.8 cm³/mol. The first-order valence-electron chi connectivity index (χ1n) is 6.74. The molecule has 2 heterocycles. The van der Waals surface area contributed by atoms with Crippen LogP contribution in [-0.4, -0.2) is 24.7 Å². The second-order valence-electron chi connectivity index (χ2n) is 4.71. The lowest BCUT2D eigenvalue weighted by Crippen LogP contribution is -2.30. The second-order valence-corrected chi connectivity index (χ2v) is 4.71. The van der Waals surface area contributed by atoms with Crippen molar-refractivity contribution < 1.29 is 23.5 Å². The molecule has 0 radical (unpaired) electrons. The van der Waals surface area contributed by atoms with Crippen LogP contribution < -0.4 is 10.1 Å². The largest absolute Gasteiger partial charge is 0.493 e. The SMILES string of the molecule is COc1cccc2cc(C(=O)NC(CO)c3ccco3)oc12. The van der Waals surface area contributed by atoms with Crippen molar-refractivity contribution in [3.05, 3.63) is 54.2 Å². The van der Waals surface area contributed by atoms with Crippen molar-refractivity contribution in [1.29, 1.82) is 0 Å². The van der Waals surface area contributed by atoms with Gasteiger partial charge in [-0.1, -0.05) is 12.1 Å². The summed E-state index contributed by atoms with van der Waals surface area (Å²) in [5.74, 6) is 0.740. The molecule has 0 spiro atoms. The molecule has 1 atom stereocenters. The van der Waals surface area contributed by atoms with E-state index < -0.39 is 11.9 Å². The molecule has 2 aromatic heterocycles. The van der Waals surface area contributed by atoms with E-state index in [2.05, 4.69) is 5.32 Å². The van der Waals surface area contributed by atoms with E-state index in [0.29, 0.717) is 17.1 Å². The second kappa shape index (κ2) is 5.95. The molecule has 6 nitrogen and oxygen atoms in total. The van der Waals surface area contributed by atoms with E-state index in [1.807, 2.05) is 12.1 Å². The molecule has 6 heteroatoms. The van der Waals surface area contributed by atoms with E-state index >= 15 is 0 Å². The molecule has 0 bridgehead atoms. The van der Waals surface area contributed by atoms with Gasteiger partial charge in [-0.05, 0) is 24.3 Å². The summed E-state index contributed by atoms with van der Waals surface area (Å²) in [6.07, 6.45) is 1.48. The zero-order chi connectivity index (χ0) is 15.5. The van der Waals surface area contributed by atoms with Crippen LogP contribution in [-0.2, 0) is 0 Å². The molecular formula is C16H15NO5. The first-order chi connectivity index (χ1) is 10.7.